The van der Waals surface area contributed by atoms with Crippen molar-refractivity contribution in [1.29, 1.82) is 0 Å². The lowest BCUT2D eigenvalue weighted by Gasteiger charge is -2.27. The molecule has 0 saturated carbocycles. The summed E-state index contributed by atoms with van der Waals surface area (Å²) in [4.78, 5) is 13.7. The van der Waals surface area contributed by atoms with Gasteiger partial charge in [-0.1, -0.05) is 11.6 Å². The molecule has 0 fully saturated rings. The lowest BCUT2D eigenvalue weighted by Crippen LogP contribution is -2.43. The van der Waals surface area contributed by atoms with E-state index in [0.29, 0.717) is 17.1 Å². The molecule has 1 N–H and O–H groups in total. The topological polar surface area (TPSA) is 75.7 Å². The molecular formula is C15H23ClN2O4S. The molecular weight excluding hydrogens is 340 g/mol. The molecule has 0 aliphatic rings. The Labute approximate surface area is 142 Å². The third-order valence-corrected chi connectivity index (χ3v) is 4.52. The van der Waals surface area contributed by atoms with Crippen LogP contribution in [0.5, 0.6) is 5.75 Å². The van der Waals surface area contributed by atoms with E-state index >= 15 is 0 Å². The van der Waals surface area contributed by atoms with Crippen molar-refractivity contribution in [2.24, 2.45) is 0 Å². The van der Waals surface area contributed by atoms with Crippen LogP contribution in [0, 0.1) is 0 Å². The first-order valence-corrected chi connectivity index (χ1v) is 9.40. The molecule has 0 unspecified atom stereocenters. The fourth-order valence-electron chi connectivity index (χ4n) is 1.87. The maximum atomic E-state index is 12.1. The van der Waals surface area contributed by atoms with E-state index in [-0.39, 0.29) is 30.1 Å². The number of carbonyl (C=O) groups excluding carboxylic acids is 1. The highest BCUT2D eigenvalue weighted by atomic mass is 35.5. The van der Waals surface area contributed by atoms with Crippen molar-refractivity contribution in [2.75, 3.05) is 12.3 Å². The van der Waals surface area contributed by atoms with Crippen LogP contribution in [0.25, 0.3) is 0 Å². The molecule has 0 saturated heterocycles. The zero-order chi connectivity index (χ0) is 17.6. The third-order valence-electron chi connectivity index (χ3n) is 3.15. The number of rotatable bonds is 7. The molecule has 0 aliphatic carbocycles. The highest BCUT2D eigenvalue weighted by molar-refractivity contribution is 7.87. The van der Waals surface area contributed by atoms with Crippen molar-refractivity contribution < 1.29 is 17.4 Å². The van der Waals surface area contributed by atoms with Gasteiger partial charge in [0.15, 0.2) is 0 Å². The Hall–Kier alpha value is -1.47. The first kappa shape index (κ1) is 19.6. The molecule has 0 heterocycles. The summed E-state index contributed by atoms with van der Waals surface area (Å²) in [5.41, 5.74) is 0.537. The van der Waals surface area contributed by atoms with Gasteiger partial charge in [-0.2, -0.15) is 8.42 Å². The van der Waals surface area contributed by atoms with Gasteiger partial charge < -0.3 is 14.4 Å². The minimum Gasteiger partial charge on any atom is -0.382 e. The zero-order valence-corrected chi connectivity index (χ0v) is 15.4. The minimum absolute atomic E-state index is 0.0730. The summed E-state index contributed by atoms with van der Waals surface area (Å²) in [5.74, 6) is 0.0467. The Morgan fingerprint density at radius 1 is 1.35 bits per heavy atom. The van der Waals surface area contributed by atoms with Crippen molar-refractivity contribution in [3.63, 3.8) is 0 Å². The molecule has 1 aromatic rings. The molecule has 0 spiro atoms. The Morgan fingerprint density at radius 2 is 2.00 bits per heavy atom. The Morgan fingerprint density at radius 3 is 2.52 bits per heavy atom. The second-order valence-corrected chi connectivity index (χ2v) is 7.53. The SMILES string of the molecule is CCNC(=O)N(Cc1cc(Cl)ccc1OS(=O)(=O)CC)C(C)C. The monoisotopic (exact) mass is 362 g/mol. The number of nitrogens with zero attached hydrogens (tertiary/aromatic N) is 1. The van der Waals surface area contributed by atoms with Gasteiger partial charge in [-0.25, -0.2) is 4.79 Å². The van der Waals surface area contributed by atoms with Gasteiger partial charge in [0, 0.05) is 23.2 Å². The summed E-state index contributed by atoms with van der Waals surface area (Å²) in [6, 6.07) is 4.36. The predicted molar refractivity (Wildman–Crippen MR) is 91.3 cm³/mol. The van der Waals surface area contributed by atoms with E-state index in [1.807, 2.05) is 20.8 Å². The summed E-state index contributed by atoms with van der Waals surface area (Å²) in [5, 5.41) is 3.18. The van der Waals surface area contributed by atoms with E-state index in [0.717, 1.165) is 0 Å². The molecule has 8 heteroatoms. The van der Waals surface area contributed by atoms with Crippen LogP contribution < -0.4 is 9.50 Å². The molecule has 23 heavy (non-hydrogen) atoms. The van der Waals surface area contributed by atoms with Gasteiger partial charge in [-0.15, -0.1) is 0 Å². The quantitative estimate of drug-likeness (QED) is 0.756. The van der Waals surface area contributed by atoms with Crippen LogP contribution in [0.15, 0.2) is 18.2 Å². The molecule has 2 amide bonds. The predicted octanol–water partition coefficient (Wildman–Crippen LogP) is 3.01. The van der Waals surface area contributed by atoms with Gasteiger partial charge in [-0.05, 0) is 45.9 Å². The first-order chi connectivity index (χ1) is 10.7. The third kappa shape index (κ3) is 5.91. The highest BCUT2D eigenvalue weighted by Crippen LogP contribution is 2.26. The van der Waals surface area contributed by atoms with Gasteiger partial charge in [0.1, 0.15) is 5.75 Å². The zero-order valence-electron chi connectivity index (χ0n) is 13.8. The van der Waals surface area contributed by atoms with Crippen LogP contribution in [0.2, 0.25) is 5.02 Å². The number of benzene rings is 1. The second-order valence-electron chi connectivity index (χ2n) is 5.24. The smallest absolute Gasteiger partial charge is 0.317 e. The minimum atomic E-state index is -3.66. The lowest BCUT2D eigenvalue weighted by atomic mass is 10.1. The van der Waals surface area contributed by atoms with Crippen molar-refractivity contribution >= 4 is 27.8 Å². The number of halogens is 1. The summed E-state index contributed by atoms with van der Waals surface area (Å²) in [7, 11) is -3.66. The van der Waals surface area contributed by atoms with E-state index < -0.39 is 10.1 Å². The molecule has 0 bridgehead atoms. The molecule has 6 nitrogen and oxygen atoms in total. The van der Waals surface area contributed by atoms with Crippen LogP contribution in [-0.2, 0) is 16.7 Å². The van der Waals surface area contributed by atoms with Gasteiger partial charge in [0.2, 0.25) is 0 Å². The maximum absolute atomic E-state index is 12.1. The molecule has 1 aromatic carbocycles. The average molecular weight is 363 g/mol. The van der Waals surface area contributed by atoms with E-state index in [1.54, 1.807) is 17.0 Å². The standard InChI is InChI=1S/C15H23ClN2O4S/c1-5-17-15(19)18(11(3)4)10-12-9-13(16)7-8-14(12)22-23(20,21)6-2/h7-9,11H,5-6,10H2,1-4H3,(H,17,19). The van der Waals surface area contributed by atoms with E-state index in [1.165, 1.54) is 13.0 Å². The summed E-state index contributed by atoms with van der Waals surface area (Å²) in [6.07, 6.45) is 0. The fraction of sp³-hybridized carbons (Fsp3) is 0.533. The molecule has 0 aliphatic heterocycles. The Balaban J connectivity index is 3.14. The summed E-state index contributed by atoms with van der Waals surface area (Å²) >= 11 is 6.00. The normalized spacial score (nSPS) is 11.4. The van der Waals surface area contributed by atoms with Crippen LogP contribution in [0.1, 0.15) is 33.3 Å². The second kappa shape index (κ2) is 8.40. The van der Waals surface area contributed by atoms with Crippen molar-refractivity contribution in [2.45, 2.75) is 40.3 Å². The molecule has 130 valence electrons. The maximum Gasteiger partial charge on any atom is 0.317 e. The summed E-state index contributed by atoms with van der Waals surface area (Å²) in [6.45, 7) is 7.79. The van der Waals surface area contributed by atoms with Gasteiger partial charge >= 0.3 is 16.1 Å². The number of amides is 2. The average Bonchev–Trinajstić information content (AvgIpc) is 2.47. The number of hydrogen-bond acceptors (Lipinski definition) is 4. The number of carbonyl (C=O) groups is 1. The van der Waals surface area contributed by atoms with Crippen molar-refractivity contribution in [3.05, 3.63) is 28.8 Å². The van der Waals surface area contributed by atoms with Gasteiger partial charge in [-0.3, -0.25) is 0 Å². The fourth-order valence-corrected chi connectivity index (χ4v) is 2.62. The first-order valence-electron chi connectivity index (χ1n) is 7.45. The van der Waals surface area contributed by atoms with Crippen molar-refractivity contribution in [3.8, 4) is 5.75 Å². The van der Waals surface area contributed by atoms with Crippen LogP contribution in [0.3, 0.4) is 0 Å². The molecule has 0 radical (unpaired) electrons. The molecule has 0 aromatic heterocycles. The van der Waals surface area contributed by atoms with Crippen LogP contribution in [0.4, 0.5) is 4.79 Å². The number of hydrogen-bond donors (Lipinski definition) is 1. The number of nitrogens with one attached hydrogen (secondary N) is 1. The van der Waals surface area contributed by atoms with Gasteiger partial charge in [0.25, 0.3) is 0 Å². The van der Waals surface area contributed by atoms with Crippen LogP contribution >= 0.6 is 11.6 Å². The molecule has 0 atom stereocenters. The highest BCUT2D eigenvalue weighted by Gasteiger charge is 2.20. The number of urea groups is 1. The Kier molecular flexibility index (Phi) is 7.15. The largest absolute Gasteiger partial charge is 0.382 e. The molecule has 1 rings (SSSR count). The van der Waals surface area contributed by atoms with Crippen molar-refractivity contribution in [1.82, 2.24) is 10.2 Å². The Bertz CT molecular complexity index is 647. The lowest BCUT2D eigenvalue weighted by molar-refractivity contribution is 0.180. The van der Waals surface area contributed by atoms with E-state index in [9.17, 15) is 13.2 Å². The van der Waals surface area contributed by atoms with E-state index in [4.69, 9.17) is 15.8 Å². The summed E-state index contributed by atoms with van der Waals surface area (Å²) < 4.78 is 28.5. The van der Waals surface area contributed by atoms with Gasteiger partial charge in [0.05, 0.1) is 12.3 Å². The van der Waals surface area contributed by atoms with Crippen LogP contribution in [-0.4, -0.2) is 37.7 Å². The van der Waals surface area contributed by atoms with E-state index in [2.05, 4.69) is 5.32 Å².